The van der Waals surface area contributed by atoms with Crippen LogP contribution < -0.4 is 38.5 Å². The number of nitrogens with zero attached hydrogens (tertiary/aromatic N) is 1. The molecule has 48 heavy (non-hydrogen) atoms. The molecule has 15 nitrogen and oxygen atoms in total. The lowest BCUT2D eigenvalue weighted by Gasteiger charge is -2.35. The van der Waals surface area contributed by atoms with Crippen molar-refractivity contribution in [1.82, 2.24) is 26.2 Å². The Labute approximate surface area is 288 Å². The second-order valence-corrected chi connectivity index (χ2v) is 13.9. The van der Waals surface area contributed by atoms with Gasteiger partial charge in [0.15, 0.2) is 0 Å². The summed E-state index contributed by atoms with van der Waals surface area (Å²) >= 11 is 0. The monoisotopic (exact) mass is 687 g/mol. The Morgan fingerprint density at radius 1 is 0.625 bits per heavy atom. The maximum atomic E-state index is 12.9. The van der Waals surface area contributed by atoms with Gasteiger partial charge in [0.1, 0.15) is 6.04 Å². The second kappa shape index (κ2) is 23.4. The van der Waals surface area contributed by atoms with Crippen LogP contribution in [0, 0.1) is 5.41 Å². The standard InChI is InChI=1S/C33H66N8O7/c1-22(34)11-37-25(4)14-45-18-33(19-46-15-26(5)38-12-23(2)35,20-47-16-27(6)39-13-24(3)36)21-48-17-28(7)40-32(44)29(8)41-30(42)9-10-31(41)43/h9-10,22-29,37-39H,11-21,34-36H2,1-8H3,(H,40,44). The average Bonchev–Trinajstić information content (AvgIpc) is 3.34. The van der Waals surface area contributed by atoms with Crippen molar-refractivity contribution in [3.8, 4) is 0 Å². The van der Waals surface area contributed by atoms with E-state index >= 15 is 0 Å². The quantitative estimate of drug-likeness (QED) is 0.0484. The van der Waals surface area contributed by atoms with E-state index in [9.17, 15) is 14.4 Å². The normalized spacial score (nSPS) is 19.8. The van der Waals surface area contributed by atoms with Crippen molar-refractivity contribution >= 4 is 17.7 Å². The zero-order valence-electron chi connectivity index (χ0n) is 30.6. The van der Waals surface area contributed by atoms with Crippen molar-refractivity contribution in [1.29, 1.82) is 0 Å². The summed E-state index contributed by atoms with van der Waals surface area (Å²) in [5.41, 5.74) is 17.0. The third kappa shape index (κ3) is 18.6. The van der Waals surface area contributed by atoms with E-state index in [1.165, 1.54) is 6.92 Å². The molecule has 10 N–H and O–H groups in total. The predicted octanol–water partition coefficient (Wildman–Crippen LogP) is -1.17. The third-order valence-electron chi connectivity index (χ3n) is 7.47. The Morgan fingerprint density at radius 2 is 0.938 bits per heavy atom. The largest absolute Gasteiger partial charge is 0.379 e. The van der Waals surface area contributed by atoms with E-state index in [1.807, 2.05) is 41.5 Å². The van der Waals surface area contributed by atoms with E-state index < -0.39 is 35.2 Å². The Kier molecular flexibility index (Phi) is 21.4. The number of amides is 3. The van der Waals surface area contributed by atoms with Crippen LogP contribution in [0.25, 0.3) is 0 Å². The predicted molar refractivity (Wildman–Crippen MR) is 187 cm³/mol. The number of hydrogen-bond donors (Lipinski definition) is 7. The van der Waals surface area contributed by atoms with Gasteiger partial charge in [-0.1, -0.05) is 0 Å². The van der Waals surface area contributed by atoms with Crippen LogP contribution in [0.2, 0.25) is 0 Å². The first kappa shape index (κ1) is 44.0. The molecule has 1 aliphatic rings. The molecule has 280 valence electrons. The highest BCUT2D eigenvalue weighted by molar-refractivity contribution is 6.15. The van der Waals surface area contributed by atoms with E-state index in [-0.39, 0.29) is 49.5 Å². The number of carbonyl (C=O) groups is 3. The van der Waals surface area contributed by atoms with Gasteiger partial charge in [-0.05, 0) is 55.4 Å². The van der Waals surface area contributed by atoms with E-state index in [2.05, 4.69) is 21.3 Å². The molecule has 0 fully saturated rings. The van der Waals surface area contributed by atoms with Crippen molar-refractivity contribution in [3.05, 3.63) is 12.2 Å². The molecule has 8 unspecified atom stereocenters. The van der Waals surface area contributed by atoms with E-state index in [0.29, 0.717) is 59.3 Å². The van der Waals surface area contributed by atoms with E-state index in [4.69, 9.17) is 36.1 Å². The lowest BCUT2D eigenvalue weighted by atomic mass is 9.92. The molecule has 0 bridgehead atoms. The van der Waals surface area contributed by atoms with Gasteiger partial charge in [-0.3, -0.25) is 19.3 Å². The highest BCUT2D eigenvalue weighted by atomic mass is 16.5. The number of nitrogens with one attached hydrogen (secondary N) is 4. The van der Waals surface area contributed by atoms with Gasteiger partial charge in [0.25, 0.3) is 11.8 Å². The fraction of sp³-hybridized carbons (Fsp3) is 0.848. The smallest absolute Gasteiger partial charge is 0.254 e. The van der Waals surface area contributed by atoms with Crippen molar-refractivity contribution in [3.63, 3.8) is 0 Å². The lowest BCUT2D eigenvalue weighted by Crippen LogP contribution is -2.51. The molecule has 1 aliphatic heterocycles. The summed E-state index contributed by atoms with van der Waals surface area (Å²) in [6.45, 7) is 19.9. The van der Waals surface area contributed by atoms with Gasteiger partial charge in [-0.25, -0.2) is 0 Å². The Balaban J connectivity index is 2.97. The van der Waals surface area contributed by atoms with E-state index in [1.54, 1.807) is 6.92 Å². The number of rotatable bonds is 28. The fourth-order valence-electron chi connectivity index (χ4n) is 4.71. The zero-order chi connectivity index (χ0) is 36.3. The maximum absolute atomic E-state index is 12.9. The fourth-order valence-corrected chi connectivity index (χ4v) is 4.71. The van der Waals surface area contributed by atoms with Gasteiger partial charge >= 0.3 is 0 Å². The number of nitrogens with two attached hydrogens (primary N) is 3. The van der Waals surface area contributed by atoms with Gasteiger partial charge in [-0.2, -0.15) is 0 Å². The Hall–Kier alpha value is -2.05. The molecule has 1 heterocycles. The first-order chi connectivity index (χ1) is 22.5. The number of carbonyl (C=O) groups excluding carboxylic acids is 3. The van der Waals surface area contributed by atoms with Crippen molar-refractivity contribution in [2.45, 2.75) is 104 Å². The van der Waals surface area contributed by atoms with Crippen LogP contribution in [0.5, 0.6) is 0 Å². The van der Waals surface area contributed by atoms with E-state index in [0.717, 1.165) is 17.1 Å². The lowest BCUT2D eigenvalue weighted by molar-refractivity contribution is -0.145. The van der Waals surface area contributed by atoms with Crippen LogP contribution in [0.1, 0.15) is 55.4 Å². The summed E-state index contributed by atoms with van der Waals surface area (Å²) in [6, 6.07) is -1.07. The summed E-state index contributed by atoms with van der Waals surface area (Å²) < 4.78 is 24.9. The van der Waals surface area contributed by atoms with Gasteiger partial charge < -0.3 is 57.4 Å². The maximum Gasteiger partial charge on any atom is 0.254 e. The highest BCUT2D eigenvalue weighted by Crippen LogP contribution is 2.22. The molecule has 3 amide bonds. The highest BCUT2D eigenvalue weighted by Gasteiger charge is 2.35. The molecule has 0 aliphatic carbocycles. The van der Waals surface area contributed by atoms with Crippen LogP contribution in [0.3, 0.4) is 0 Å². The molecule has 0 radical (unpaired) electrons. The average molecular weight is 687 g/mol. The summed E-state index contributed by atoms with van der Waals surface area (Å²) in [7, 11) is 0. The van der Waals surface area contributed by atoms with Gasteiger partial charge in [-0.15, -0.1) is 0 Å². The molecule has 0 aromatic heterocycles. The molecule has 15 heteroatoms. The minimum absolute atomic E-state index is 0.0240. The van der Waals surface area contributed by atoms with Crippen LogP contribution >= 0.6 is 0 Å². The summed E-state index contributed by atoms with van der Waals surface area (Å²) in [5.74, 6) is -1.47. The summed E-state index contributed by atoms with van der Waals surface area (Å²) in [5, 5.41) is 13.0. The SMILES string of the molecule is CC(N)CNC(C)COCC(COCC(C)NCC(C)N)(COCC(C)NCC(C)N)COCC(C)NC(=O)C(C)N1C(=O)C=CC1=O. The molecule has 0 saturated carbocycles. The molecule has 8 atom stereocenters. The molecule has 0 saturated heterocycles. The molecule has 0 spiro atoms. The third-order valence-corrected chi connectivity index (χ3v) is 7.47. The van der Waals surface area contributed by atoms with Crippen molar-refractivity contribution in [2.75, 3.05) is 72.5 Å². The molecule has 1 rings (SSSR count). The Bertz CT molecular complexity index is 890. The van der Waals surface area contributed by atoms with Crippen LogP contribution in [0.15, 0.2) is 12.2 Å². The molecule has 0 aromatic rings. The van der Waals surface area contributed by atoms with Crippen molar-refractivity contribution < 1.29 is 33.3 Å². The molecular weight excluding hydrogens is 620 g/mol. The Morgan fingerprint density at radius 3 is 1.25 bits per heavy atom. The topological polar surface area (TPSA) is 218 Å². The van der Waals surface area contributed by atoms with Gasteiger partial charge in [0.05, 0.1) is 58.3 Å². The number of ether oxygens (including phenoxy) is 4. The van der Waals surface area contributed by atoms with Gasteiger partial charge in [0.2, 0.25) is 5.91 Å². The minimum Gasteiger partial charge on any atom is -0.379 e. The number of hydrogen-bond acceptors (Lipinski definition) is 13. The molecular formula is C33H66N8O7. The summed E-state index contributed by atoms with van der Waals surface area (Å²) in [6.07, 6.45) is 2.32. The zero-order valence-corrected chi connectivity index (χ0v) is 30.6. The van der Waals surface area contributed by atoms with Crippen LogP contribution in [0.4, 0.5) is 0 Å². The number of imide groups is 1. The van der Waals surface area contributed by atoms with Crippen LogP contribution in [-0.4, -0.2) is 143 Å². The first-order valence-electron chi connectivity index (χ1n) is 17.2. The minimum atomic E-state index is -0.953. The molecule has 0 aromatic carbocycles. The first-order valence-corrected chi connectivity index (χ1v) is 17.2. The van der Waals surface area contributed by atoms with Crippen LogP contribution in [-0.2, 0) is 33.3 Å². The van der Waals surface area contributed by atoms with Gasteiger partial charge in [0, 0.05) is 74.1 Å². The second-order valence-electron chi connectivity index (χ2n) is 13.9. The van der Waals surface area contributed by atoms with Crippen molar-refractivity contribution in [2.24, 2.45) is 22.6 Å². The summed E-state index contributed by atoms with van der Waals surface area (Å²) in [4.78, 5) is 37.8.